The molecule has 0 saturated carbocycles. The molecule has 0 bridgehead atoms. The van der Waals surface area contributed by atoms with Gasteiger partial charge in [0.2, 0.25) is 11.8 Å². The van der Waals surface area contributed by atoms with Crippen molar-refractivity contribution in [2.24, 2.45) is 5.73 Å². The highest BCUT2D eigenvalue weighted by atomic mass is 32.2. The number of rotatable bonds is 10. The third kappa shape index (κ3) is 6.39. The highest BCUT2D eigenvalue weighted by Crippen LogP contribution is 2.29. The lowest BCUT2D eigenvalue weighted by atomic mass is 10.2. The van der Waals surface area contributed by atoms with Gasteiger partial charge in [0.1, 0.15) is 6.04 Å². The van der Waals surface area contributed by atoms with Crippen LogP contribution in [-0.4, -0.2) is 53.3 Å². The topological polar surface area (TPSA) is 162 Å². The van der Waals surface area contributed by atoms with Crippen molar-refractivity contribution < 1.29 is 29.2 Å². The first-order chi connectivity index (χ1) is 11.8. The van der Waals surface area contributed by atoms with Gasteiger partial charge in [-0.3, -0.25) is 19.7 Å². The Morgan fingerprint density at radius 1 is 1.44 bits per heavy atom. The lowest BCUT2D eigenvalue weighted by Gasteiger charge is -2.13. The number of benzene rings is 1. The predicted molar refractivity (Wildman–Crippen MR) is 88.4 cm³/mol. The van der Waals surface area contributed by atoms with Crippen molar-refractivity contribution in [3.05, 3.63) is 33.9 Å². The first-order valence-corrected chi connectivity index (χ1v) is 7.97. The van der Waals surface area contributed by atoms with Crippen molar-refractivity contribution in [2.45, 2.75) is 17.4 Å². The summed E-state index contributed by atoms with van der Waals surface area (Å²) in [5.74, 6) is -2.83. The van der Waals surface area contributed by atoms with Crippen LogP contribution in [0.15, 0.2) is 23.1 Å². The third-order valence-electron chi connectivity index (χ3n) is 3.04. The van der Waals surface area contributed by atoms with E-state index in [1.54, 1.807) is 0 Å². The maximum atomic E-state index is 11.9. The Morgan fingerprint density at radius 2 is 2.12 bits per heavy atom. The van der Waals surface area contributed by atoms with Gasteiger partial charge in [-0.15, -0.1) is 11.8 Å². The van der Waals surface area contributed by atoms with Crippen LogP contribution in [0, 0.1) is 10.1 Å². The summed E-state index contributed by atoms with van der Waals surface area (Å²) in [6.45, 7) is 0.157. The van der Waals surface area contributed by atoms with E-state index < -0.39 is 28.7 Å². The number of carboxylic acids is 1. The number of methoxy groups -OCH3 is 1. The lowest BCUT2D eigenvalue weighted by Crippen LogP contribution is -2.42. The van der Waals surface area contributed by atoms with Crippen LogP contribution in [0.25, 0.3) is 0 Å². The Bertz CT molecular complexity index is 680. The fraction of sp³-hybridized carbons (Fsp3) is 0.357. The van der Waals surface area contributed by atoms with Gasteiger partial charge in [0, 0.05) is 31.8 Å². The smallest absolute Gasteiger partial charge is 0.326 e. The Morgan fingerprint density at radius 3 is 2.64 bits per heavy atom. The number of primary amides is 1. The molecule has 1 aromatic carbocycles. The summed E-state index contributed by atoms with van der Waals surface area (Å²) in [5.41, 5.74) is 4.70. The minimum absolute atomic E-state index is 0.0222. The van der Waals surface area contributed by atoms with Gasteiger partial charge in [-0.2, -0.15) is 0 Å². The molecule has 4 N–H and O–H groups in total. The molecular formula is C14H17N3O7S. The molecule has 0 aromatic heterocycles. The van der Waals surface area contributed by atoms with Gasteiger partial charge in [-0.05, 0) is 12.1 Å². The Hall–Kier alpha value is -2.66. The SMILES string of the molecule is COCCC(NC(=O)CSc1ccc(C(N)=O)cc1[N+](=O)[O-])C(=O)O. The summed E-state index contributed by atoms with van der Waals surface area (Å²) in [5, 5.41) is 22.4. The number of nitrogens with two attached hydrogens (primary N) is 1. The molecule has 0 spiro atoms. The standard InChI is InChI=1S/C14H17N3O7S/c1-24-5-4-9(14(20)21)16-12(18)7-25-11-3-2-8(13(15)19)6-10(11)17(22)23/h2-3,6,9H,4-5,7H2,1H3,(H2,15,19)(H,16,18)(H,20,21). The maximum Gasteiger partial charge on any atom is 0.326 e. The molecule has 0 heterocycles. The summed E-state index contributed by atoms with van der Waals surface area (Å²) >= 11 is 0.851. The lowest BCUT2D eigenvalue weighted by molar-refractivity contribution is -0.387. The van der Waals surface area contributed by atoms with Crippen LogP contribution >= 0.6 is 11.8 Å². The molecule has 1 atom stereocenters. The highest BCUT2D eigenvalue weighted by Gasteiger charge is 2.21. The van der Waals surface area contributed by atoms with E-state index in [9.17, 15) is 24.5 Å². The van der Waals surface area contributed by atoms with Gasteiger partial charge in [-0.25, -0.2) is 4.79 Å². The zero-order chi connectivity index (χ0) is 19.0. The molecule has 1 aromatic rings. The van der Waals surface area contributed by atoms with E-state index in [2.05, 4.69) is 5.32 Å². The second-order valence-electron chi connectivity index (χ2n) is 4.83. The number of carboxylic acid groups (broad SMARTS) is 1. The van der Waals surface area contributed by atoms with Gasteiger partial charge in [0.15, 0.2) is 0 Å². The molecule has 25 heavy (non-hydrogen) atoms. The number of aliphatic carboxylic acids is 1. The van der Waals surface area contributed by atoms with Gasteiger partial charge in [0.05, 0.1) is 15.6 Å². The largest absolute Gasteiger partial charge is 0.480 e. The second kappa shape index (κ2) is 9.59. The van der Waals surface area contributed by atoms with Gasteiger partial charge in [0.25, 0.3) is 5.69 Å². The van der Waals surface area contributed by atoms with Crippen LogP contribution in [-0.2, 0) is 14.3 Å². The second-order valence-corrected chi connectivity index (χ2v) is 5.85. The van der Waals surface area contributed by atoms with E-state index >= 15 is 0 Å². The summed E-state index contributed by atoms with van der Waals surface area (Å²) < 4.78 is 4.77. The molecule has 11 heteroatoms. The van der Waals surface area contributed by atoms with E-state index in [1.165, 1.54) is 19.2 Å². The number of amides is 2. The number of nitro groups is 1. The number of nitro benzene ring substituents is 1. The quantitative estimate of drug-likeness (QED) is 0.302. The fourth-order valence-corrected chi connectivity index (χ4v) is 2.62. The molecule has 2 amide bonds. The average Bonchev–Trinajstić information content (AvgIpc) is 2.55. The summed E-state index contributed by atoms with van der Waals surface area (Å²) in [6.07, 6.45) is 0.0930. The van der Waals surface area contributed by atoms with Crippen molar-refractivity contribution in [1.82, 2.24) is 5.32 Å². The number of hydrogen-bond donors (Lipinski definition) is 3. The first kappa shape index (κ1) is 20.4. The Labute approximate surface area is 146 Å². The van der Waals surface area contributed by atoms with Gasteiger partial charge >= 0.3 is 5.97 Å². The number of nitrogens with zero attached hydrogens (tertiary/aromatic N) is 1. The van der Waals surface area contributed by atoms with E-state index in [4.69, 9.17) is 15.6 Å². The van der Waals surface area contributed by atoms with Crippen molar-refractivity contribution in [3.8, 4) is 0 Å². The molecule has 0 aliphatic rings. The monoisotopic (exact) mass is 371 g/mol. The molecular weight excluding hydrogens is 354 g/mol. The normalized spacial score (nSPS) is 11.6. The molecule has 0 aliphatic carbocycles. The summed E-state index contributed by atoms with van der Waals surface area (Å²) in [4.78, 5) is 44.6. The van der Waals surface area contributed by atoms with Crippen LogP contribution in [0.3, 0.4) is 0 Å². The van der Waals surface area contributed by atoms with E-state index in [-0.39, 0.29) is 34.9 Å². The van der Waals surface area contributed by atoms with E-state index in [0.717, 1.165) is 17.8 Å². The Kier molecular flexibility index (Phi) is 7.82. The molecule has 1 rings (SSSR count). The molecule has 0 radical (unpaired) electrons. The number of nitrogens with one attached hydrogen (secondary N) is 1. The van der Waals surface area contributed by atoms with Gasteiger partial charge in [-0.1, -0.05) is 0 Å². The fourth-order valence-electron chi connectivity index (χ4n) is 1.81. The summed E-state index contributed by atoms with van der Waals surface area (Å²) in [6, 6.07) is 2.55. The van der Waals surface area contributed by atoms with E-state index in [1.807, 2.05) is 0 Å². The van der Waals surface area contributed by atoms with Crippen LogP contribution in [0.5, 0.6) is 0 Å². The first-order valence-electron chi connectivity index (χ1n) is 6.98. The van der Waals surface area contributed by atoms with Crippen molar-refractivity contribution >= 4 is 35.2 Å². The number of carbonyl (C=O) groups excluding carboxylic acids is 2. The van der Waals surface area contributed by atoms with Crippen LogP contribution < -0.4 is 11.1 Å². The van der Waals surface area contributed by atoms with Crippen molar-refractivity contribution in [1.29, 1.82) is 0 Å². The molecule has 0 saturated heterocycles. The van der Waals surface area contributed by atoms with Gasteiger partial charge < -0.3 is 20.9 Å². The molecule has 1 unspecified atom stereocenters. The molecule has 0 fully saturated rings. The molecule has 0 aliphatic heterocycles. The molecule has 10 nitrogen and oxygen atoms in total. The van der Waals surface area contributed by atoms with E-state index in [0.29, 0.717) is 0 Å². The minimum Gasteiger partial charge on any atom is -0.480 e. The summed E-state index contributed by atoms with van der Waals surface area (Å²) in [7, 11) is 1.41. The highest BCUT2D eigenvalue weighted by molar-refractivity contribution is 8.00. The molecule has 136 valence electrons. The van der Waals surface area contributed by atoms with Crippen LogP contribution in [0.1, 0.15) is 16.8 Å². The maximum absolute atomic E-state index is 11.9. The van der Waals surface area contributed by atoms with Crippen LogP contribution in [0.4, 0.5) is 5.69 Å². The number of carbonyl (C=O) groups is 3. The third-order valence-corrected chi connectivity index (χ3v) is 4.11. The zero-order valence-corrected chi connectivity index (χ0v) is 14.1. The average molecular weight is 371 g/mol. The number of thioether (sulfide) groups is 1. The minimum atomic E-state index is -1.20. The zero-order valence-electron chi connectivity index (χ0n) is 13.3. The van der Waals surface area contributed by atoms with Crippen molar-refractivity contribution in [3.63, 3.8) is 0 Å². The number of ether oxygens (including phenoxy) is 1. The predicted octanol–water partition coefficient (Wildman–Crippen LogP) is 0.392. The van der Waals surface area contributed by atoms with Crippen LogP contribution in [0.2, 0.25) is 0 Å². The Balaban J connectivity index is 2.76. The number of hydrogen-bond acceptors (Lipinski definition) is 7. The van der Waals surface area contributed by atoms with Crippen molar-refractivity contribution in [2.75, 3.05) is 19.5 Å².